The van der Waals surface area contributed by atoms with Crippen molar-refractivity contribution in [2.75, 3.05) is 6.61 Å². The van der Waals surface area contributed by atoms with E-state index in [1.807, 2.05) is 91.0 Å². The highest BCUT2D eigenvalue weighted by Crippen LogP contribution is 2.35. The Balaban J connectivity index is 1.49. The maximum absolute atomic E-state index is 13.6. The number of carbonyl (C=O) groups excluding carboxylic acids is 2. The van der Waals surface area contributed by atoms with Crippen LogP contribution in [-0.4, -0.2) is 53.5 Å². The first-order valence-corrected chi connectivity index (χ1v) is 16.9. The Kier molecular flexibility index (Phi) is 12.9. The molecule has 1 fully saturated rings. The second-order valence-corrected chi connectivity index (χ2v) is 13.4. The average molecular weight is 697 g/mol. The van der Waals surface area contributed by atoms with Gasteiger partial charge in [0.2, 0.25) is 0 Å². The van der Waals surface area contributed by atoms with Crippen molar-refractivity contribution in [2.24, 2.45) is 5.92 Å². The van der Waals surface area contributed by atoms with Crippen LogP contribution >= 0.6 is 0 Å². The summed E-state index contributed by atoms with van der Waals surface area (Å²) in [4.78, 5) is 37.7. The summed E-state index contributed by atoms with van der Waals surface area (Å²) in [5.41, 5.74) is 2.01. The molecule has 51 heavy (non-hydrogen) atoms. The maximum Gasteiger partial charge on any atom is 0.408 e. The van der Waals surface area contributed by atoms with E-state index in [-0.39, 0.29) is 43.4 Å². The zero-order chi connectivity index (χ0) is 36.2. The molecular weight excluding hydrogens is 652 g/mol. The van der Waals surface area contributed by atoms with Gasteiger partial charge in [0.15, 0.2) is 0 Å². The zero-order valence-electron chi connectivity index (χ0n) is 29.0. The molecule has 11 heteroatoms. The normalized spacial score (nSPS) is 20.3. The molecule has 1 amide bonds. The summed E-state index contributed by atoms with van der Waals surface area (Å²) in [6.07, 6.45) is -2.81. The lowest BCUT2D eigenvalue weighted by Gasteiger charge is -2.46. The highest BCUT2D eigenvalue weighted by Gasteiger charge is 2.49. The van der Waals surface area contributed by atoms with Crippen molar-refractivity contribution >= 4 is 17.7 Å². The molecule has 0 aliphatic heterocycles. The topological polar surface area (TPSA) is 135 Å². The van der Waals surface area contributed by atoms with Crippen molar-refractivity contribution in [1.82, 2.24) is 5.32 Å². The van der Waals surface area contributed by atoms with Gasteiger partial charge < -0.3 is 29.0 Å². The molecular formula is C40H44N2O9. The number of rotatable bonds is 14. The molecule has 5 atom stereocenters. The predicted octanol–water partition coefficient (Wildman–Crippen LogP) is 7.42. The van der Waals surface area contributed by atoms with Crippen molar-refractivity contribution in [1.29, 1.82) is 0 Å². The van der Waals surface area contributed by atoms with Crippen molar-refractivity contribution in [2.45, 2.75) is 77.0 Å². The third-order valence-corrected chi connectivity index (χ3v) is 8.35. The number of hydrogen-bond donors (Lipinski definition) is 1. The molecule has 0 spiro atoms. The highest BCUT2D eigenvalue weighted by molar-refractivity contribution is 5.89. The SMILES string of the molecule is CC(C)(C)OC(=O)N[C@@H]1[C@@H](OCc2ccccc2)[C@H](OCc2ccccc2)[C@@H](COCc2ccccc2)C[C@H]1OC(=O)c1ccc([N+](=O)[O-])cc1. The minimum atomic E-state index is -0.914. The van der Waals surface area contributed by atoms with Crippen molar-refractivity contribution in [3.8, 4) is 0 Å². The molecule has 0 unspecified atom stereocenters. The Labute approximate surface area is 298 Å². The van der Waals surface area contributed by atoms with Crippen molar-refractivity contribution in [3.05, 3.63) is 148 Å². The van der Waals surface area contributed by atoms with Crippen LogP contribution in [0.25, 0.3) is 0 Å². The lowest BCUT2D eigenvalue weighted by Crippen LogP contribution is -2.63. The number of benzene rings is 4. The van der Waals surface area contributed by atoms with E-state index in [9.17, 15) is 19.7 Å². The minimum Gasteiger partial charge on any atom is -0.456 e. The Morgan fingerprint density at radius 1 is 0.745 bits per heavy atom. The molecule has 4 aromatic rings. The number of ether oxygens (including phenoxy) is 5. The van der Waals surface area contributed by atoms with Gasteiger partial charge in [0.05, 0.1) is 49.1 Å². The van der Waals surface area contributed by atoms with E-state index >= 15 is 0 Å². The van der Waals surface area contributed by atoms with Gasteiger partial charge in [0, 0.05) is 18.1 Å². The fourth-order valence-corrected chi connectivity index (χ4v) is 5.96. The average Bonchev–Trinajstić information content (AvgIpc) is 3.12. The summed E-state index contributed by atoms with van der Waals surface area (Å²) in [6, 6.07) is 33.4. The predicted molar refractivity (Wildman–Crippen MR) is 190 cm³/mol. The van der Waals surface area contributed by atoms with Gasteiger partial charge >= 0.3 is 12.1 Å². The van der Waals surface area contributed by atoms with Gasteiger partial charge in [-0.15, -0.1) is 0 Å². The summed E-state index contributed by atoms with van der Waals surface area (Å²) >= 11 is 0. The van der Waals surface area contributed by atoms with Crippen LogP contribution in [0.2, 0.25) is 0 Å². The van der Waals surface area contributed by atoms with Crippen LogP contribution in [0.1, 0.15) is 54.2 Å². The Hall–Kier alpha value is -5.10. The molecule has 0 radical (unpaired) electrons. The molecule has 1 aliphatic carbocycles. The monoisotopic (exact) mass is 696 g/mol. The highest BCUT2D eigenvalue weighted by atomic mass is 16.6. The summed E-state index contributed by atoms with van der Waals surface area (Å²) in [7, 11) is 0. The molecule has 0 aromatic heterocycles. The first-order valence-electron chi connectivity index (χ1n) is 16.9. The molecule has 0 heterocycles. The molecule has 268 valence electrons. The molecule has 11 nitrogen and oxygen atoms in total. The largest absolute Gasteiger partial charge is 0.456 e. The lowest BCUT2D eigenvalue weighted by molar-refractivity contribution is -0.384. The van der Waals surface area contributed by atoms with Gasteiger partial charge in [-0.05, 0) is 56.0 Å². The van der Waals surface area contributed by atoms with E-state index in [4.69, 9.17) is 23.7 Å². The summed E-state index contributed by atoms with van der Waals surface area (Å²) in [5, 5.41) is 14.2. The number of non-ortho nitro benzene ring substituents is 1. The second-order valence-electron chi connectivity index (χ2n) is 13.4. The summed E-state index contributed by atoms with van der Waals surface area (Å²) in [5.74, 6) is -1.05. The number of esters is 1. The smallest absolute Gasteiger partial charge is 0.408 e. The number of hydrogen-bond acceptors (Lipinski definition) is 9. The van der Waals surface area contributed by atoms with Gasteiger partial charge in [0.1, 0.15) is 17.8 Å². The van der Waals surface area contributed by atoms with Gasteiger partial charge in [-0.1, -0.05) is 91.0 Å². The third kappa shape index (κ3) is 11.2. The summed E-state index contributed by atoms with van der Waals surface area (Å²) in [6.45, 7) is 6.32. The number of nitro groups is 1. The molecule has 0 bridgehead atoms. The Bertz CT molecular complexity index is 1700. The molecule has 1 aliphatic rings. The number of carbonyl (C=O) groups is 2. The van der Waals surface area contributed by atoms with Crippen LogP contribution in [0.15, 0.2) is 115 Å². The van der Waals surface area contributed by atoms with Gasteiger partial charge in [-0.25, -0.2) is 9.59 Å². The molecule has 0 saturated heterocycles. The molecule has 4 aromatic carbocycles. The number of alkyl carbamates (subject to hydrolysis) is 1. The quantitative estimate of drug-likeness (QED) is 0.0812. The van der Waals surface area contributed by atoms with Crippen LogP contribution in [-0.2, 0) is 43.5 Å². The first kappa shape index (κ1) is 37.2. The van der Waals surface area contributed by atoms with Crippen molar-refractivity contribution < 1.29 is 38.2 Å². The van der Waals surface area contributed by atoms with E-state index < -0.39 is 46.9 Å². The van der Waals surface area contributed by atoms with Crippen molar-refractivity contribution in [3.63, 3.8) is 0 Å². The minimum absolute atomic E-state index is 0.123. The van der Waals surface area contributed by atoms with Gasteiger partial charge in [-0.3, -0.25) is 10.1 Å². The summed E-state index contributed by atoms with van der Waals surface area (Å²) < 4.78 is 31.4. The molecule has 1 N–H and O–H groups in total. The van der Waals surface area contributed by atoms with E-state index in [2.05, 4.69) is 5.32 Å². The number of amides is 1. The fourth-order valence-electron chi connectivity index (χ4n) is 5.96. The third-order valence-electron chi connectivity index (χ3n) is 8.35. The second kappa shape index (κ2) is 17.7. The number of nitrogens with zero attached hydrogens (tertiary/aromatic N) is 1. The van der Waals surface area contributed by atoms with Gasteiger partial charge in [0.25, 0.3) is 5.69 Å². The molecule has 1 saturated carbocycles. The Morgan fingerprint density at radius 2 is 1.25 bits per heavy atom. The van der Waals surface area contributed by atoms with Crippen LogP contribution < -0.4 is 5.32 Å². The maximum atomic E-state index is 13.6. The van der Waals surface area contributed by atoms with E-state index in [0.717, 1.165) is 16.7 Å². The van der Waals surface area contributed by atoms with E-state index in [1.54, 1.807) is 20.8 Å². The van der Waals surface area contributed by atoms with Crippen LogP contribution in [0.3, 0.4) is 0 Å². The zero-order valence-corrected chi connectivity index (χ0v) is 29.0. The number of nitrogens with one attached hydrogen (secondary N) is 1. The molecule has 5 rings (SSSR count). The lowest BCUT2D eigenvalue weighted by atomic mass is 9.79. The Morgan fingerprint density at radius 3 is 1.76 bits per heavy atom. The van der Waals surface area contributed by atoms with E-state index in [0.29, 0.717) is 6.61 Å². The van der Waals surface area contributed by atoms with Crippen LogP contribution in [0, 0.1) is 16.0 Å². The first-order chi connectivity index (χ1) is 24.6. The van der Waals surface area contributed by atoms with Crippen LogP contribution in [0.4, 0.5) is 10.5 Å². The number of nitro benzene ring substituents is 1. The van der Waals surface area contributed by atoms with E-state index in [1.165, 1.54) is 24.3 Å². The van der Waals surface area contributed by atoms with Crippen LogP contribution in [0.5, 0.6) is 0 Å². The standard InChI is InChI=1S/C40H44N2O9/c1-40(2,3)51-39(44)41-35-34(50-38(43)31-19-21-33(22-20-31)42(45)46)23-32(27-47-24-28-13-7-4-8-14-28)36(48-25-29-15-9-5-10-16-29)37(35)49-26-30-17-11-6-12-18-30/h4-22,32,34-37H,23-27H2,1-3H3,(H,41,44)/t32-,34-,35+,36-,37-/m1/s1. The fraction of sp³-hybridized carbons (Fsp3) is 0.350. The van der Waals surface area contributed by atoms with Gasteiger partial charge in [-0.2, -0.15) is 0 Å².